The second kappa shape index (κ2) is 8.72. The number of anilines is 1. The van der Waals surface area contributed by atoms with Crippen LogP contribution in [0.3, 0.4) is 0 Å². The maximum absolute atomic E-state index is 13.5. The van der Waals surface area contributed by atoms with Crippen molar-refractivity contribution in [3.8, 4) is 11.5 Å². The molecule has 0 atom stereocenters. The summed E-state index contributed by atoms with van der Waals surface area (Å²) in [6, 6.07) is 1.79. The third kappa shape index (κ3) is 4.36. The van der Waals surface area contributed by atoms with Gasteiger partial charge in [-0.1, -0.05) is 6.08 Å². The molecule has 156 valence electrons. The lowest BCUT2D eigenvalue weighted by molar-refractivity contribution is -0.139. The fourth-order valence-electron chi connectivity index (χ4n) is 2.64. The van der Waals surface area contributed by atoms with Gasteiger partial charge in [-0.05, 0) is 18.2 Å². The Morgan fingerprint density at radius 2 is 1.52 bits per heavy atom. The maximum Gasteiger partial charge on any atom is 0.420 e. The van der Waals surface area contributed by atoms with Gasteiger partial charge in [-0.2, -0.15) is 13.2 Å². The minimum atomic E-state index is -4.75. The first-order valence-corrected chi connectivity index (χ1v) is 8.07. The summed E-state index contributed by atoms with van der Waals surface area (Å²) in [6.07, 6.45) is 0.685. The van der Waals surface area contributed by atoms with E-state index in [1.54, 1.807) is 0 Å². The summed E-state index contributed by atoms with van der Waals surface area (Å²) >= 11 is 0. The van der Waals surface area contributed by atoms with Crippen LogP contribution in [0.15, 0.2) is 47.8 Å². The van der Waals surface area contributed by atoms with Crippen molar-refractivity contribution < 1.29 is 41.7 Å². The Hall–Kier alpha value is -3.43. The van der Waals surface area contributed by atoms with Gasteiger partial charge in [0, 0.05) is 12.3 Å². The summed E-state index contributed by atoms with van der Waals surface area (Å²) in [5.41, 5.74) is -1.82. The van der Waals surface area contributed by atoms with E-state index in [9.17, 15) is 22.8 Å². The van der Waals surface area contributed by atoms with Gasteiger partial charge in [0.25, 0.3) is 0 Å². The van der Waals surface area contributed by atoms with Crippen LogP contribution >= 0.6 is 0 Å². The Balaban J connectivity index is 2.85. The van der Waals surface area contributed by atoms with Crippen LogP contribution in [0, 0.1) is 0 Å². The zero-order valence-electron chi connectivity index (χ0n) is 16.0. The lowest BCUT2D eigenvalue weighted by atomic mass is 10.1. The minimum absolute atomic E-state index is 0.0352. The largest absolute Gasteiger partial charge is 0.496 e. The number of halogens is 3. The van der Waals surface area contributed by atoms with Crippen LogP contribution in [0.5, 0.6) is 11.5 Å². The van der Waals surface area contributed by atoms with E-state index in [4.69, 9.17) is 14.2 Å². The van der Waals surface area contributed by atoms with Crippen molar-refractivity contribution in [3.05, 3.63) is 53.4 Å². The molecule has 1 heterocycles. The number of carbonyl (C=O) groups is 2. The topological polar surface area (TPSA) is 74.3 Å². The Morgan fingerprint density at radius 3 is 2.03 bits per heavy atom. The van der Waals surface area contributed by atoms with Crippen LogP contribution in [-0.4, -0.2) is 40.4 Å². The van der Waals surface area contributed by atoms with E-state index in [1.165, 1.54) is 31.5 Å². The number of allylic oxidation sites excluding steroid dienone is 2. The quantitative estimate of drug-likeness (QED) is 0.687. The van der Waals surface area contributed by atoms with Crippen molar-refractivity contribution in [2.24, 2.45) is 0 Å². The van der Waals surface area contributed by atoms with Crippen LogP contribution in [0.2, 0.25) is 0 Å². The average molecular weight is 413 g/mol. The molecule has 0 aliphatic carbocycles. The number of esters is 2. The van der Waals surface area contributed by atoms with Gasteiger partial charge in [-0.3, -0.25) is 0 Å². The van der Waals surface area contributed by atoms with Crippen molar-refractivity contribution >= 4 is 17.6 Å². The Kier molecular flexibility index (Phi) is 6.57. The lowest BCUT2D eigenvalue weighted by Gasteiger charge is -2.26. The predicted octanol–water partition coefficient (Wildman–Crippen LogP) is 3.21. The van der Waals surface area contributed by atoms with Crippen LogP contribution in [0.1, 0.15) is 5.56 Å². The molecule has 1 aliphatic rings. The number of rotatable bonds is 5. The Labute approximate surface area is 164 Å². The molecule has 10 heteroatoms. The highest BCUT2D eigenvalue weighted by atomic mass is 19.4. The van der Waals surface area contributed by atoms with Crippen molar-refractivity contribution in [1.82, 2.24) is 0 Å². The fraction of sp³-hybridized carbons (Fsp3) is 0.263. The predicted molar refractivity (Wildman–Crippen MR) is 96.4 cm³/mol. The molecule has 0 amide bonds. The highest BCUT2D eigenvalue weighted by Crippen LogP contribution is 2.44. The summed E-state index contributed by atoms with van der Waals surface area (Å²) < 4.78 is 60.0. The number of benzene rings is 1. The summed E-state index contributed by atoms with van der Waals surface area (Å²) in [5.74, 6) is -2.34. The molecule has 0 unspecified atom stereocenters. The highest BCUT2D eigenvalue weighted by Gasteiger charge is 2.37. The second-order valence-electron chi connectivity index (χ2n) is 5.54. The molecular weight excluding hydrogens is 395 g/mol. The smallest absolute Gasteiger partial charge is 0.420 e. The van der Waals surface area contributed by atoms with Crippen LogP contribution in [0.4, 0.5) is 18.9 Å². The van der Waals surface area contributed by atoms with Crippen molar-refractivity contribution in [2.45, 2.75) is 6.18 Å². The molecule has 2 rings (SSSR count). The monoisotopic (exact) mass is 413 g/mol. The number of ether oxygens (including phenoxy) is 4. The molecule has 1 aromatic carbocycles. The third-order valence-corrected chi connectivity index (χ3v) is 3.96. The van der Waals surface area contributed by atoms with Crippen molar-refractivity contribution in [3.63, 3.8) is 0 Å². The molecule has 0 N–H and O–H groups in total. The normalized spacial score (nSPS) is 13.8. The van der Waals surface area contributed by atoms with Crippen molar-refractivity contribution in [2.75, 3.05) is 33.3 Å². The fourth-order valence-corrected chi connectivity index (χ4v) is 2.64. The van der Waals surface area contributed by atoms with Gasteiger partial charge in [0.15, 0.2) is 0 Å². The summed E-state index contributed by atoms with van der Waals surface area (Å²) in [7, 11) is 4.52. The third-order valence-electron chi connectivity index (χ3n) is 3.96. The second-order valence-corrected chi connectivity index (χ2v) is 5.54. The van der Waals surface area contributed by atoms with E-state index in [1.807, 2.05) is 0 Å². The van der Waals surface area contributed by atoms with E-state index in [-0.39, 0.29) is 22.7 Å². The van der Waals surface area contributed by atoms with Crippen molar-refractivity contribution in [1.29, 1.82) is 0 Å². The van der Waals surface area contributed by atoms with Gasteiger partial charge < -0.3 is 23.8 Å². The summed E-state index contributed by atoms with van der Waals surface area (Å²) in [6.45, 7) is 0. The van der Waals surface area contributed by atoms with Crippen LogP contribution in [-0.2, 0) is 25.2 Å². The number of alkyl halides is 3. The number of nitrogens with zero attached hydrogens (tertiary/aromatic N) is 1. The molecule has 0 radical (unpaired) electrons. The van der Waals surface area contributed by atoms with Gasteiger partial charge in [0.1, 0.15) is 17.2 Å². The lowest BCUT2D eigenvalue weighted by Crippen LogP contribution is -2.27. The first kappa shape index (κ1) is 21.9. The Bertz CT molecular complexity index is 902. The molecule has 7 nitrogen and oxygen atoms in total. The molecule has 1 aromatic rings. The zero-order valence-corrected chi connectivity index (χ0v) is 16.0. The standard InChI is InChI=1S/C19H18F3NO6/c1-26-14-10-15(27-2)13(9-12(14)19(20,21)22)23-8-6-5-7-11(17(24)28-3)16(23)18(25)29-4/h5-10H,1-4H3. The summed E-state index contributed by atoms with van der Waals surface area (Å²) in [4.78, 5) is 25.7. The number of hydrogen-bond acceptors (Lipinski definition) is 7. The molecule has 29 heavy (non-hydrogen) atoms. The molecule has 0 bridgehead atoms. The number of carbonyl (C=O) groups excluding carboxylic acids is 2. The Morgan fingerprint density at radius 1 is 0.897 bits per heavy atom. The maximum atomic E-state index is 13.5. The SMILES string of the molecule is COC(=O)C1=C(C(=O)OC)N(c2cc(C(F)(F)F)c(OC)cc2OC)C=CC=C1. The molecule has 1 aliphatic heterocycles. The van der Waals surface area contributed by atoms with E-state index >= 15 is 0 Å². The van der Waals surface area contributed by atoms with Gasteiger partial charge >= 0.3 is 18.1 Å². The molecule has 0 saturated carbocycles. The van der Waals surface area contributed by atoms with E-state index in [0.29, 0.717) is 0 Å². The first-order chi connectivity index (χ1) is 13.7. The van der Waals surface area contributed by atoms with Gasteiger partial charge in [-0.15, -0.1) is 0 Å². The minimum Gasteiger partial charge on any atom is -0.496 e. The molecule has 0 saturated heterocycles. The van der Waals surface area contributed by atoms with E-state index in [2.05, 4.69) is 4.74 Å². The van der Waals surface area contributed by atoms with Crippen LogP contribution < -0.4 is 14.4 Å². The van der Waals surface area contributed by atoms with Gasteiger partial charge in [-0.25, -0.2) is 9.59 Å². The molecule has 0 aromatic heterocycles. The van der Waals surface area contributed by atoms with Gasteiger partial charge in [0.05, 0.1) is 45.3 Å². The first-order valence-electron chi connectivity index (χ1n) is 8.07. The zero-order chi connectivity index (χ0) is 21.8. The van der Waals surface area contributed by atoms with E-state index in [0.717, 1.165) is 38.4 Å². The number of hydrogen-bond donors (Lipinski definition) is 0. The van der Waals surface area contributed by atoms with Crippen LogP contribution in [0.25, 0.3) is 0 Å². The van der Waals surface area contributed by atoms with E-state index < -0.39 is 29.4 Å². The number of methoxy groups -OCH3 is 4. The molecular formula is C19H18F3NO6. The molecule has 0 spiro atoms. The highest BCUT2D eigenvalue weighted by molar-refractivity contribution is 6.05. The molecule has 0 fully saturated rings. The average Bonchev–Trinajstić information content (AvgIpc) is 2.93. The summed E-state index contributed by atoms with van der Waals surface area (Å²) in [5, 5.41) is 0. The van der Waals surface area contributed by atoms with Gasteiger partial charge in [0.2, 0.25) is 0 Å².